The molecule has 17 heavy (non-hydrogen) atoms. The molecule has 2 rings (SSSR count). The Morgan fingerprint density at radius 3 is 3.00 bits per heavy atom. The van der Waals surface area contributed by atoms with Crippen LogP contribution in [0.3, 0.4) is 0 Å². The van der Waals surface area contributed by atoms with E-state index >= 15 is 0 Å². The fourth-order valence-corrected chi connectivity index (χ4v) is 3.00. The van der Waals surface area contributed by atoms with Gasteiger partial charge < -0.3 is 10.1 Å². The topological polar surface area (TPSA) is 47.0 Å². The van der Waals surface area contributed by atoms with E-state index in [1.165, 1.54) is 50.1 Å². The zero-order valence-corrected chi connectivity index (χ0v) is 11.3. The van der Waals surface area contributed by atoms with Crippen LogP contribution in [0.1, 0.15) is 44.3 Å². The van der Waals surface area contributed by atoms with Gasteiger partial charge in [-0.3, -0.25) is 0 Å². The second kappa shape index (κ2) is 6.91. The van der Waals surface area contributed by atoms with E-state index in [1.807, 2.05) is 0 Å². The Bertz CT molecular complexity index is 323. The van der Waals surface area contributed by atoms with E-state index in [4.69, 9.17) is 4.74 Å². The molecule has 0 atom stereocenters. The highest BCUT2D eigenvalue weighted by Gasteiger charge is 2.14. The summed E-state index contributed by atoms with van der Waals surface area (Å²) in [5.74, 6) is 1.76. The van der Waals surface area contributed by atoms with E-state index in [-0.39, 0.29) is 0 Å². The maximum atomic E-state index is 4.99. The van der Waals surface area contributed by atoms with Crippen molar-refractivity contribution in [3.8, 4) is 0 Å². The monoisotopic (exact) mass is 255 g/mol. The number of anilines is 1. The van der Waals surface area contributed by atoms with Crippen LogP contribution >= 0.6 is 11.5 Å². The highest BCUT2D eigenvalue weighted by molar-refractivity contribution is 7.09. The molecule has 0 amide bonds. The van der Waals surface area contributed by atoms with E-state index in [1.54, 1.807) is 7.11 Å². The number of hydrogen-bond donors (Lipinski definition) is 1. The summed E-state index contributed by atoms with van der Waals surface area (Å²) >= 11 is 1.42. The second-order valence-corrected chi connectivity index (χ2v) is 5.42. The minimum absolute atomic E-state index is 0.500. The summed E-state index contributed by atoms with van der Waals surface area (Å²) in [6, 6.07) is 0. The van der Waals surface area contributed by atoms with Crippen molar-refractivity contribution in [1.29, 1.82) is 0 Å². The predicted octanol–water partition coefficient (Wildman–Crippen LogP) is 3.07. The van der Waals surface area contributed by atoms with Gasteiger partial charge in [-0.1, -0.05) is 25.7 Å². The van der Waals surface area contributed by atoms with Gasteiger partial charge in [-0.25, -0.2) is 4.98 Å². The van der Waals surface area contributed by atoms with Crippen LogP contribution in [-0.4, -0.2) is 23.0 Å². The molecule has 1 heterocycles. The van der Waals surface area contributed by atoms with Gasteiger partial charge in [0.05, 0.1) is 0 Å². The fraction of sp³-hybridized carbons (Fsp3) is 0.833. The summed E-state index contributed by atoms with van der Waals surface area (Å²) < 4.78 is 9.19. The summed E-state index contributed by atoms with van der Waals surface area (Å²) in [5.41, 5.74) is 0. The van der Waals surface area contributed by atoms with Crippen LogP contribution in [0.2, 0.25) is 0 Å². The van der Waals surface area contributed by atoms with E-state index in [0.717, 1.165) is 23.4 Å². The maximum Gasteiger partial charge on any atom is 0.202 e. The molecule has 1 aliphatic rings. The minimum Gasteiger partial charge on any atom is -0.377 e. The quantitative estimate of drug-likeness (QED) is 0.761. The van der Waals surface area contributed by atoms with Crippen LogP contribution in [0.15, 0.2) is 0 Å². The Morgan fingerprint density at radius 1 is 1.41 bits per heavy atom. The van der Waals surface area contributed by atoms with Crippen molar-refractivity contribution in [2.24, 2.45) is 5.92 Å². The smallest absolute Gasteiger partial charge is 0.202 e. The molecule has 1 saturated carbocycles. The molecule has 1 aliphatic carbocycles. The molecule has 0 bridgehead atoms. The summed E-state index contributed by atoms with van der Waals surface area (Å²) in [5, 5.41) is 4.26. The molecule has 5 heteroatoms. The Hall–Kier alpha value is -0.680. The van der Waals surface area contributed by atoms with Crippen molar-refractivity contribution in [3.05, 3.63) is 5.82 Å². The third kappa shape index (κ3) is 4.24. The number of rotatable bonds is 7. The van der Waals surface area contributed by atoms with E-state index in [0.29, 0.717) is 6.61 Å². The molecular weight excluding hydrogens is 234 g/mol. The maximum absolute atomic E-state index is 4.99. The van der Waals surface area contributed by atoms with Crippen LogP contribution in [-0.2, 0) is 11.3 Å². The molecule has 0 unspecified atom stereocenters. The molecule has 1 aromatic rings. The highest BCUT2D eigenvalue weighted by Crippen LogP contribution is 2.28. The van der Waals surface area contributed by atoms with Crippen molar-refractivity contribution < 1.29 is 4.74 Å². The van der Waals surface area contributed by atoms with E-state index in [2.05, 4.69) is 14.7 Å². The number of nitrogens with one attached hydrogen (secondary N) is 1. The third-order valence-corrected chi connectivity index (χ3v) is 3.99. The summed E-state index contributed by atoms with van der Waals surface area (Å²) in [4.78, 5) is 4.34. The first-order valence-electron chi connectivity index (χ1n) is 6.44. The van der Waals surface area contributed by atoms with Gasteiger partial charge in [0, 0.05) is 25.2 Å². The first kappa shape index (κ1) is 12.8. The van der Waals surface area contributed by atoms with Crippen LogP contribution < -0.4 is 5.32 Å². The second-order valence-electron chi connectivity index (χ2n) is 4.67. The number of aromatic nitrogens is 2. The Balaban J connectivity index is 1.60. The number of ether oxygens (including phenoxy) is 1. The lowest BCUT2D eigenvalue weighted by atomic mass is 10.0. The first-order chi connectivity index (χ1) is 8.38. The van der Waals surface area contributed by atoms with Gasteiger partial charge >= 0.3 is 0 Å². The molecule has 1 fully saturated rings. The molecule has 0 aliphatic heterocycles. The summed E-state index contributed by atoms with van der Waals surface area (Å²) in [6.45, 7) is 1.51. The largest absolute Gasteiger partial charge is 0.377 e. The van der Waals surface area contributed by atoms with Crippen LogP contribution in [0.4, 0.5) is 5.13 Å². The zero-order valence-electron chi connectivity index (χ0n) is 10.4. The lowest BCUT2D eigenvalue weighted by molar-refractivity contribution is 0.179. The lowest BCUT2D eigenvalue weighted by Crippen LogP contribution is -2.04. The van der Waals surface area contributed by atoms with Crippen molar-refractivity contribution in [2.75, 3.05) is 19.0 Å². The lowest BCUT2D eigenvalue weighted by Gasteiger charge is -2.08. The SMILES string of the molecule is COCc1nsc(NCCCC2CCCC2)n1. The van der Waals surface area contributed by atoms with Crippen molar-refractivity contribution >= 4 is 16.7 Å². The van der Waals surface area contributed by atoms with Crippen LogP contribution in [0, 0.1) is 5.92 Å². The number of hydrogen-bond acceptors (Lipinski definition) is 5. The molecule has 0 radical (unpaired) electrons. The molecule has 0 aromatic carbocycles. The minimum atomic E-state index is 0.500. The molecular formula is C12H21N3OS. The van der Waals surface area contributed by atoms with Gasteiger partial charge in [-0.05, 0) is 18.8 Å². The van der Waals surface area contributed by atoms with Gasteiger partial charge in [0.25, 0.3) is 0 Å². The highest BCUT2D eigenvalue weighted by atomic mass is 32.1. The Kier molecular flexibility index (Phi) is 5.19. The first-order valence-corrected chi connectivity index (χ1v) is 7.21. The number of nitrogens with zero attached hydrogens (tertiary/aromatic N) is 2. The van der Waals surface area contributed by atoms with Crippen molar-refractivity contribution in [1.82, 2.24) is 9.36 Å². The van der Waals surface area contributed by atoms with Gasteiger partial charge in [0.2, 0.25) is 5.13 Å². The average molecular weight is 255 g/mol. The molecule has 96 valence electrons. The standard InChI is InChI=1S/C12H21N3OS/c1-16-9-11-14-12(17-15-11)13-8-4-7-10-5-2-3-6-10/h10H,2-9H2,1H3,(H,13,14,15). The van der Waals surface area contributed by atoms with Crippen molar-refractivity contribution in [3.63, 3.8) is 0 Å². The molecule has 4 nitrogen and oxygen atoms in total. The van der Waals surface area contributed by atoms with Crippen LogP contribution in [0.5, 0.6) is 0 Å². The molecule has 1 aromatic heterocycles. The van der Waals surface area contributed by atoms with E-state index in [9.17, 15) is 0 Å². The van der Waals surface area contributed by atoms with Gasteiger partial charge in [0.15, 0.2) is 5.82 Å². The Morgan fingerprint density at radius 2 is 2.24 bits per heavy atom. The molecule has 0 saturated heterocycles. The molecule has 0 spiro atoms. The van der Waals surface area contributed by atoms with Gasteiger partial charge in [-0.15, -0.1) is 0 Å². The predicted molar refractivity (Wildman–Crippen MR) is 70.3 cm³/mol. The van der Waals surface area contributed by atoms with E-state index < -0.39 is 0 Å². The Labute approximate surface area is 107 Å². The number of methoxy groups -OCH3 is 1. The van der Waals surface area contributed by atoms with Gasteiger partial charge in [0.1, 0.15) is 6.61 Å². The third-order valence-electron chi connectivity index (χ3n) is 3.28. The fourth-order valence-electron chi connectivity index (χ4n) is 2.40. The van der Waals surface area contributed by atoms with Crippen molar-refractivity contribution in [2.45, 2.75) is 45.1 Å². The van der Waals surface area contributed by atoms with Crippen LogP contribution in [0.25, 0.3) is 0 Å². The normalized spacial score (nSPS) is 16.5. The zero-order chi connectivity index (χ0) is 11.9. The molecule has 1 N–H and O–H groups in total. The average Bonchev–Trinajstić information content (AvgIpc) is 2.96. The summed E-state index contributed by atoms with van der Waals surface area (Å²) in [7, 11) is 1.66. The van der Waals surface area contributed by atoms with Gasteiger partial charge in [-0.2, -0.15) is 4.37 Å². The summed E-state index contributed by atoms with van der Waals surface area (Å²) in [6.07, 6.45) is 8.36.